The van der Waals surface area contributed by atoms with E-state index >= 15 is 0 Å². The standard InChI is InChI=1S/C12H19NOS2/c1-12(5-3-6-16-12)9-13-8-11-10(14-2)4-7-15-11/h4,7,13H,3,5-6,8-9H2,1-2H3. The molecule has 0 aliphatic carbocycles. The van der Waals surface area contributed by atoms with Crippen LogP contribution >= 0.6 is 23.1 Å². The van der Waals surface area contributed by atoms with Gasteiger partial charge in [0.05, 0.1) is 12.0 Å². The Kier molecular flexibility index (Phi) is 4.16. The SMILES string of the molecule is COc1ccsc1CNCC1(C)CCCS1. The third kappa shape index (κ3) is 2.93. The van der Waals surface area contributed by atoms with Crippen molar-refractivity contribution >= 4 is 23.1 Å². The molecule has 0 bridgehead atoms. The molecule has 1 saturated heterocycles. The molecule has 1 aromatic rings. The highest BCUT2D eigenvalue weighted by atomic mass is 32.2. The second kappa shape index (κ2) is 5.43. The number of thioether (sulfide) groups is 1. The summed E-state index contributed by atoms with van der Waals surface area (Å²) in [6, 6.07) is 2.04. The van der Waals surface area contributed by atoms with Gasteiger partial charge in [-0.25, -0.2) is 0 Å². The Morgan fingerprint density at radius 1 is 1.56 bits per heavy atom. The molecule has 1 fully saturated rings. The van der Waals surface area contributed by atoms with Crippen LogP contribution in [0.2, 0.25) is 0 Å². The summed E-state index contributed by atoms with van der Waals surface area (Å²) >= 11 is 3.86. The van der Waals surface area contributed by atoms with Crippen LogP contribution in [0.4, 0.5) is 0 Å². The van der Waals surface area contributed by atoms with E-state index in [-0.39, 0.29) is 0 Å². The zero-order valence-corrected chi connectivity index (χ0v) is 11.5. The van der Waals surface area contributed by atoms with Crippen LogP contribution in [-0.4, -0.2) is 24.2 Å². The topological polar surface area (TPSA) is 21.3 Å². The molecule has 2 rings (SSSR count). The summed E-state index contributed by atoms with van der Waals surface area (Å²) in [5, 5.41) is 5.64. The van der Waals surface area contributed by atoms with Gasteiger partial charge >= 0.3 is 0 Å². The Bertz CT molecular complexity index is 332. The molecule has 1 unspecified atom stereocenters. The molecule has 1 aliphatic rings. The van der Waals surface area contributed by atoms with Crippen molar-refractivity contribution < 1.29 is 4.74 Å². The first-order valence-corrected chi connectivity index (χ1v) is 7.55. The zero-order chi connectivity index (χ0) is 11.4. The fourth-order valence-electron chi connectivity index (χ4n) is 2.06. The van der Waals surface area contributed by atoms with Gasteiger partial charge < -0.3 is 10.1 Å². The highest BCUT2D eigenvalue weighted by Gasteiger charge is 2.28. The molecule has 2 nitrogen and oxygen atoms in total. The molecule has 1 atom stereocenters. The van der Waals surface area contributed by atoms with Crippen molar-refractivity contribution in [3.05, 3.63) is 16.3 Å². The van der Waals surface area contributed by atoms with Gasteiger partial charge in [-0.1, -0.05) is 0 Å². The van der Waals surface area contributed by atoms with Gasteiger partial charge in [-0.3, -0.25) is 0 Å². The normalized spacial score (nSPS) is 24.9. The van der Waals surface area contributed by atoms with E-state index in [1.807, 2.05) is 6.07 Å². The lowest BCUT2D eigenvalue weighted by Crippen LogP contribution is -2.32. The van der Waals surface area contributed by atoms with Crippen molar-refractivity contribution in [3.8, 4) is 5.75 Å². The Hall–Kier alpha value is -0.190. The van der Waals surface area contributed by atoms with Gasteiger partial charge in [-0.05, 0) is 37.0 Å². The average Bonchev–Trinajstić information content (AvgIpc) is 2.88. The van der Waals surface area contributed by atoms with Crippen LogP contribution in [0.5, 0.6) is 5.75 Å². The van der Waals surface area contributed by atoms with E-state index in [9.17, 15) is 0 Å². The second-order valence-corrected chi connectivity index (χ2v) is 7.10. The van der Waals surface area contributed by atoms with Gasteiger partial charge in [0.25, 0.3) is 0 Å². The molecule has 90 valence electrons. The number of hydrogen-bond donors (Lipinski definition) is 1. The van der Waals surface area contributed by atoms with Crippen molar-refractivity contribution in [2.75, 3.05) is 19.4 Å². The van der Waals surface area contributed by atoms with E-state index in [1.54, 1.807) is 18.4 Å². The monoisotopic (exact) mass is 257 g/mol. The first-order chi connectivity index (χ1) is 7.73. The van der Waals surface area contributed by atoms with Crippen LogP contribution in [0.15, 0.2) is 11.4 Å². The Labute approximate surface area is 106 Å². The molecule has 0 amide bonds. The molecule has 0 radical (unpaired) electrons. The Morgan fingerprint density at radius 2 is 2.44 bits per heavy atom. The van der Waals surface area contributed by atoms with Gasteiger partial charge in [-0.15, -0.1) is 11.3 Å². The molecule has 1 aromatic heterocycles. The van der Waals surface area contributed by atoms with Crippen LogP contribution in [0, 0.1) is 0 Å². The van der Waals surface area contributed by atoms with E-state index in [1.165, 1.54) is 23.5 Å². The minimum Gasteiger partial charge on any atom is -0.496 e. The number of hydrogen-bond acceptors (Lipinski definition) is 4. The first-order valence-electron chi connectivity index (χ1n) is 5.68. The summed E-state index contributed by atoms with van der Waals surface area (Å²) in [6.45, 7) is 4.39. The molecule has 1 aliphatic heterocycles. The van der Waals surface area contributed by atoms with Crippen LogP contribution in [0.1, 0.15) is 24.6 Å². The molecule has 0 saturated carbocycles. The second-order valence-electron chi connectivity index (χ2n) is 4.42. The van der Waals surface area contributed by atoms with Gasteiger partial charge in [0.1, 0.15) is 5.75 Å². The summed E-state index contributed by atoms with van der Waals surface area (Å²) in [5.41, 5.74) is 0. The summed E-state index contributed by atoms with van der Waals surface area (Å²) in [7, 11) is 1.74. The largest absolute Gasteiger partial charge is 0.496 e. The lowest BCUT2D eigenvalue weighted by atomic mass is 10.1. The number of thiophene rings is 1. The van der Waals surface area contributed by atoms with E-state index in [0.29, 0.717) is 4.75 Å². The number of rotatable bonds is 5. The highest BCUT2D eigenvalue weighted by Crippen LogP contribution is 2.37. The maximum absolute atomic E-state index is 5.30. The third-order valence-corrected chi connectivity index (χ3v) is 5.45. The van der Waals surface area contributed by atoms with Crippen LogP contribution in [-0.2, 0) is 6.54 Å². The lowest BCUT2D eigenvalue weighted by molar-refractivity contribution is 0.410. The molecular weight excluding hydrogens is 238 g/mol. The van der Waals surface area contributed by atoms with Crippen LogP contribution < -0.4 is 10.1 Å². The summed E-state index contributed by atoms with van der Waals surface area (Å²) in [6.07, 6.45) is 2.71. The molecule has 2 heterocycles. The first kappa shape index (κ1) is 12.3. The average molecular weight is 257 g/mol. The van der Waals surface area contributed by atoms with Crippen molar-refractivity contribution in [2.45, 2.75) is 31.1 Å². The summed E-state index contributed by atoms with van der Waals surface area (Å²) in [4.78, 5) is 1.30. The molecule has 16 heavy (non-hydrogen) atoms. The molecule has 1 N–H and O–H groups in total. The van der Waals surface area contributed by atoms with Crippen molar-refractivity contribution in [1.29, 1.82) is 0 Å². The number of ether oxygens (including phenoxy) is 1. The van der Waals surface area contributed by atoms with Gasteiger partial charge in [-0.2, -0.15) is 11.8 Å². The van der Waals surface area contributed by atoms with E-state index in [2.05, 4.69) is 29.4 Å². The van der Waals surface area contributed by atoms with Crippen molar-refractivity contribution in [1.82, 2.24) is 5.32 Å². The maximum Gasteiger partial charge on any atom is 0.134 e. The fourth-order valence-corrected chi connectivity index (χ4v) is 4.14. The summed E-state index contributed by atoms with van der Waals surface area (Å²) < 4.78 is 5.75. The number of nitrogens with one attached hydrogen (secondary N) is 1. The van der Waals surface area contributed by atoms with Crippen molar-refractivity contribution in [3.63, 3.8) is 0 Å². The van der Waals surface area contributed by atoms with Crippen LogP contribution in [0.25, 0.3) is 0 Å². The van der Waals surface area contributed by atoms with E-state index in [4.69, 9.17) is 4.74 Å². The van der Waals surface area contributed by atoms with E-state index in [0.717, 1.165) is 18.8 Å². The van der Waals surface area contributed by atoms with Gasteiger partial charge in [0.2, 0.25) is 0 Å². The molecular formula is C12H19NOS2. The summed E-state index contributed by atoms with van der Waals surface area (Å²) in [5.74, 6) is 2.34. The van der Waals surface area contributed by atoms with Crippen molar-refractivity contribution in [2.24, 2.45) is 0 Å². The highest BCUT2D eigenvalue weighted by molar-refractivity contribution is 8.00. The maximum atomic E-state index is 5.30. The number of methoxy groups -OCH3 is 1. The predicted molar refractivity (Wildman–Crippen MR) is 72.7 cm³/mol. The lowest BCUT2D eigenvalue weighted by Gasteiger charge is -2.22. The minimum atomic E-state index is 0.449. The van der Waals surface area contributed by atoms with Gasteiger partial charge in [0, 0.05) is 17.8 Å². The Balaban J connectivity index is 1.79. The fraction of sp³-hybridized carbons (Fsp3) is 0.667. The third-order valence-electron chi connectivity index (χ3n) is 3.01. The minimum absolute atomic E-state index is 0.449. The molecule has 0 spiro atoms. The predicted octanol–water partition coefficient (Wildman–Crippen LogP) is 3.13. The van der Waals surface area contributed by atoms with E-state index < -0.39 is 0 Å². The molecule has 0 aromatic carbocycles. The van der Waals surface area contributed by atoms with Gasteiger partial charge in [0.15, 0.2) is 0 Å². The smallest absolute Gasteiger partial charge is 0.134 e. The quantitative estimate of drug-likeness (QED) is 0.875. The van der Waals surface area contributed by atoms with Crippen LogP contribution in [0.3, 0.4) is 0 Å². The molecule has 4 heteroatoms. The zero-order valence-electron chi connectivity index (χ0n) is 9.91. The Morgan fingerprint density at radius 3 is 3.12 bits per heavy atom.